The van der Waals surface area contributed by atoms with Crippen LogP contribution in [0, 0.1) is 0 Å². The molecule has 2 aliphatic heterocycles. The zero-order valence-corrected chi connectivity index (χ0v) is 17.9. The van der Waals surface area contributed by atoms with Crippen molar-refractivity contribution in [3.05, 3.63) is 24.3 Å². The van der Waals surface area contributed by atoms with Gasteiger partial charge in [-0.1, -0.05) is 0 Å². The van der Waals surface area contributed by atoms with E-state index in [1.807, 2.05) is 4.90 Å². The van der Waals surface area contributed by atoms with Crippen molar-refractivity contribution < 1.29 is 22.8 Å². The number of benzene rings is 1. The van der Waals surface area contributed by atoms with E-state index in [2.05, 4.69) is 13.8 Å². The minimum Gasteiger partial charge on any atom is -0.497 e. The largest absolute Gasteiger partial charge is 0.497 e. The third kappa shape index (κ3) is 4.50. The van der Waals surface area contributed by atoms with Gasteiger partial charge in [0.15, 0.2) is 6.54 Å². The molecule has 156 valence electrons. The second-order valence-corrected chi connectivity index (χ2v) is 9.87. The Morgan fingerprint density at radius 3 is 2.21 bits per heavy atom. The fraction of sp³-hybridized carbons (Fsp3) is 0.650. The molecule has 2 aliphatic rings. The molecule has 1 aromatic rings. The van der Waals surface area contributed by atoms with Crippen molar-refractivity contribution in [2.24, 2.45) is 0 Å². The van der Waals surface area contributed by atoms with Crippen LogP contribution in [0.4, 0.5) is 0 Å². The number of nitrogens with zero attached hydrogens (tertiary/aromatic N) is 2. The molecule has 2 heterocycles. The molecule has 0 radical (unpaired) electrons. The van der Waals surface area contributed by atoms with Gasteiger partial charge in [0, 0.05) is 12.1 Å². The number of rotatable bonds is 5. The quantitative estimate of drug-likeness (QED) is 0.762. The molecule has 2 atom stereocenters. The predicted molar refractivity (Wildman–Crippen MR) is 107 cm³/mol. The van der Waals surface area contributed by atoms with E-state index in [0.717, 1.165) is 17.7 Å². The molecule has 1 amide bonds. The van der Waals surface area contributed by atoms with Gasteiger partial charge < -0.3 is 14.5 Å². The van der Waals surface area contributed by atoms with Crippen LogP contribution in [-0.2, 0) is 14.8 Å². The van der Waals surface area contributed by atoms with Crippen LogP contribution >= 0.6 is 0 Å². The molecule has 3 rings (SSSR count). The topological polar surface area (TPSA) is 71.4 Å². The van der Waals surface area contributed by atoms with Crippen LogP contribution in [0.3, 0.4) is 0 Å². The molecule has 1 aromatic carbocycles. The van der Waals surface area contributed by atoms with Crippen molar-refractivity contribution in [3.63, 3.8) is 0 Å². The zero-order valence-electron chi connectivity index (χ0n) is 17.1. The first-order valence-electron chi connectivity index (χ1n) is 10.1. The van der Waals surface area contributed by atoms with Crippen molar-refractivity contribution >= 4 is 15.9 Å². The number of nitrogens with one attached hydrogen (secondary N) is 1. The third-order valence-electron chi connectivity index (χ3n) is 6.01. The van der Waals surface area contributed by atoms with Crippen molar-refractivity contribution in [1.29, 1.82) is 0 Å². The molecule has 1 N–H and O–H groups in total. The summed E-state index contributed by atoms with van der Waals surface area (Å²) in [6.07, 6.45) is 3.32. The van der Waals surface area contributed by atoms with Gasteiger partial charge in [-0.05, 0) is 57.4 Å². The number of sulfonamides is 1. The van der Waals surface area contributed by atoms with Crippen LogP contribution in [0.1, 0.15) is 33.1 Å². The van der Waals surface area contributed by atoms with E-state index in [1.54, 1.807) is 31.4 Å². The lowest BCUT2D eigenvalue weighted by molar-refractivity contribution is -0.896. The molecule has 0 aliphatic carbocycles. The molecule has 28 heavy (non-hydrogen) atoms. The van der Waals surface area contributed by atoms with Crippen LogP contribution in [-0.4, -0.2) is 75.4 Å². The number of carbonyl (C=O) groups excluding carboxylic acids is 1. The van der Waals surface area contributed by atoms with E-state index >= 15 is 0 Å². The van der Waals surface area contributed by atoms with Gasteiger partial charge in [0.05, 0.1) is 38.2 Å². The Balaban J connectivity index is 1.57. The van der Waals surface area contributed by atoms with E-state index in [1.165, 1.54) is 10.7 Å². The van der Waals surface area contributed by atoms with Crippen LogP contribution in [0.5, 0.6) is 5.75 Å². The first-order chi connectivity index (χ1) is 13.3. The van der Waals surface area contributed by atoms with Crippen LogP contribution in [0.25, 0.3) is 0 Å². The number of piperidine rings is 1. The van der Waals surface area contributed by atoms with Gasteiger partial charge in [-0.25, -0.2) is 8.42 Å². The molecule has 0 saturated carbocycles. The number of piperazine rings is 1. The fourth-order valence-corrected chi connectivity index (χ4v) is 5.78. The van der Waals surface area contributed by atoms with E-state index in [-0.39, 0.29) is 10.8 Å². The Morgan fingerprint density at radius 2 is 1.68 bits per heavy atom. The van der Waals surface area contributed by atoms with E-state index < -0.39 is 10.0 Å². The van der Waals surface area contributed by atoms with Gasteiger partial charge in [-0.3, -0.25) is 4.79 Å². The van der Waals surface area contributed by atoms with Gasteiger partial charge in [0.1, 0.15) is 5.75 Å². The highest BCUT2D eigenvalue weighted by Gasteiger charge is 2.34. The Hall–Kier alpha value is -1.64. The number of carbonyl (C=O) groups is 1. The van der Waals surface area contributed by atoms with E-state index in [4.69, 9.17) is 4.74 Å². The number of methoxy groups -OCH3 is 1. The van der Waals surface area contributed by atoms with Crippen molar-refractivity contribution in [2.75, 3.05) is 39.8 Å². The van der Waals surface area contributed by atoms with Gasteiger partial charge in [0.2, 0.25) is 10.0 Å². The second kappa shape index (κ2) is 8.80. The van der Waals surface area contributed by atoms with Gasteiger partial charge >= 0.3 is 0 Å². The highest BCUT2D eigenvalue weighted by atomic mass is 32.2. The highest BCUT2D eigenvalue weighted by Crippen LogP contribution is 2.22. The molecule has 0 unspecified atom stereocenters. The Morgan fingerprint density at radius 1 is 1.11 bits per heavy atom. The smallest absolute Gasteiger partial charge is 0.278 e. The summed E-state index contributed by atoms with van der Waals surface area (Å²) in [6, 6.07) is 7.08. The molecule has 8 heteroatoms. The summed E-state index contributed by atoms with van der Waals surface area (Å²) in [4.78, 5) is 16.3. The number of amides is 1. The van der Waals surface area contributed by atoms with Crippen LogP contribution in [0.2, 0.25) is 0 Å². The summed E-state index contributed by atoms with van der Waals surface area (Å²) >= 11 is 0. The highest BCUT2D eigenvalue weighted by molar-refractivity contribution is 7.89. The lowest BCUT2D eigenvalue weighted by Crippen LogP contribution is -3.15. The number of hydrogen-bond donors (Lipinski definition) is 1. The average molecular weight is 411 g/mol. The molecule has 2 saturated heterocycles. The number of quaternary nitrogens is 1. The van der Waals surface area contributed by atoms with Crippen LogP contribution < -0.4 is 9.64 Å². The van der Waals surface area contributed by atoms with E-state index in [0.29, 0.717) is 50.6 Å². The SMILES string of the molecule is COc1ccc(S(=O)(=O)N2CC[NH+](CC(=O)N3[C@@H](C)CCC[C@@H]3C)CC2)cc1. The standard InChI is InChI=1S/C20H31N3O4S/c1-16-5-4-6-17(2)23(16)20(24)15-21-11-13-22(14-12-21)28(25,26)19-9-7-18(27-3)8-10-19/h7-10,16-17H,4-6,11-15H2,1-3H3/p+1/t16-,17-/m0/s1. The Kier molecular flexibility index (Phi) is 6.62. The maximum atomic E-state index is 12.8. The average Bonchev–Trinajstić information content (AvgIpc) is 2.68. The molecule has 7 nitrogen and oxygen atoms in total. The van der Waals surface area contributed by atoms with Crippen LogP contribution in [0.15, 0.2) is 29.2 Å². The fourth-order valence-electron chi connectivity index (χ4n) is 4.33. The molecular weight excluding hydrogens is 378 g/mol. The Bertz CT molecular complexity index is 763. The molecule has 0 bridgehead atoms. The molecule has 0 spiro atoms. The predicted octanol–water partition coefficient (Wildman–Crippen LogP) is 0.374. The number of hydrogen-bond acceptors (Lipinski definition) is 4. The van der Waals surface area contributed by atoms with Gasteiger partial charge in [0.25, 0.3) is 5.91 Å². The molecular formula is C20H32N3O4S+. The monoisotopic (exact) mass is 410 g/mol. The second-order valence-electron chi connectivity index (χ2n) is 7.94. The lowest BCUT2D eigenvalue weighted by Gasteiger charge is -2.40. The maximum absolute atomic E-state index is 12.8. The summed E-state index contributed by atoms with van der Waals surface area (Å²) in [5.74, 6) is 0.828. The number of ether oxygens (including phenoxy) is 1. The zero-order chi connectivity index (χ0) is 20.3. The number of likely N-dealkylation sites (tertiary alicyclic amines) is 1. The first-order valence-corrected chi connectivity index (χ1v) is 11.6. The minimum absolute atomic E-state index is 0.196. The van der Waals surface area contributed by atoms with Crippen molar-refractivity contribution in [3.8, 4) is 5.75 Å². The summed E-state index contributed by atoms with van der Waals surface area (Å²) in [5, 5.41) is 0. The molecule has 2 fully saturated rings. The lowest BCUT2D eigenvalue weighted by atomic mass is 9.97. The van der Waals surface area contributed by atoms with Crippen molar-refractivity contribution in [2.45, 2.75) is 50.1 Å². The minimum atomic E-state index is -3.51. The third-order valence-corrected chi connectivity index (χ3v) is 7.92. The van der Waals surface area contributed by atoms with Gasteiger partial charge in [-0.2, -0.15) is 4.31 Å². The van der Waals surface area contributed by atoms with Crippen molar-refractivity contribution in [1.82, 2.24) is 9.21 Å². The Labute approximate surface area is 168 Å². The van der Waals surface area contributed by atoms with E-state index in [9.17, 15) is 13.2 Å². The van der Waals surface area contributed by atoms with Gasteiger partial charge in [-0.15, -0.1) is 0 Å². The summed E-state index contributed by atoms with van der Waals surface area (Å²) in [5.41, 5.74) is 0. The normalized spacial score (nSPS) is 24.9. The summed E-state index contributed by atoms with van der Waals surface area (Å²) < 4.78 is 32.3. The first kappa shape index (κ1) is 21.1. The summed E-state index contributed by atoms with van der Waals surface area (Å²) in [7, 11) is -1.95. The maximum Gasteiger partial charge on any atom is 0.278 e. The summed E-state index contributed by atoms with van der Waals surface area (Å²) in [6.45, 7) is 6.87. The molecule has 0 aromatic heterocycles.